The minimum atomic E-state index is -1.000. The lowest BCUT2D eigenvalue weighted by Gasteiger charge is -2.24. The molecule has 0 saturated carbocycles. The van der Waals surface area contributed by atoms with Crippen LogP contribution >= 0.6 is 0 Å². The molecule has 0 aromatic rings. The Morgan fingerprint density at radius 1 is 0.833 bits per heavy atom. The lowest BCUT2D eigenvalue weighted by molar-refractivity contribution is -0.149. The molecule has 2 N–H and O–H groups in total. The average Bonchev–Trinajstić information content (AvgIpc) is 2.50. The molecule has 0 spiro atoms. The zero-order chi connectivity index (χ0) is 18.9. The second-order valence-electron chi connectivity index (χ2n) is 6.13. The number of amides is 2. The van der Waals surface area contributed by atoms with Gasteiger partial charge < -0.3 is 20.1 Å². The largest absolute Gasteiger partial charge is 0.469 e. The van der Waals surface area contributed by atoms with E-state index in [1.807, 2.05) is 13.8 Å². The summed E-state index contributed by atoms with van der Waals surface area (Å²) in [4.78, 5) is 47.1. The first-order valence-electron chi connectivity index (χ1n) is 7.85. The minimum Gasteiger partial charge on any atom is -0.469 e. The Kier molecular flexibility index (Phi) is 9.68. The maximum Gasteiger partial charge on any atom is 0.328 e. The number of carbonyl (C=O) groups excluding carboxylic acids is 4. The molecule has 8 heteroatoms. The van der Waals surface area contributed by atoms with Crippen LogP contribution in [0.1, 0.15) is 40.5 Å². The highest BCUT2D eigenvalue weighted by atomic mass is 16.5. The molecule has 0 aromatic carbocycles. The zero-order valence-electron chi connectivity index (χ0n) is 15.2. The fourth-order valence-electron chi connectivity index (χ4n) is 2.23. The normalized spacial score (nSPS) is 14.3. The lowest BCUT2D eigenvalue weighted by Crippen LogP contribution is -2.52. The summed E-state index contributed by atoms with van der Waals surface area (Å²) >= 11 is 0. The maximum atomic E-state index is 12.4. The molecule has 0 radical (unpaired) electrons. The van der Waals surface area contributed by atoms with Crippen molar-refractivity contribution in [3.05, 3.63) is 0 Å². The van der Waals surface area contributed by atoms with E-state index in [1.54, 1.807) is 6.92 Å². The van der Waals surface area contributed by atoms with Crippen LogP contribution in [0.15, 0.2) is 0 Å². The molecule has 0 aromatic heterocycles. The number of carbonyl (C=O) groups is 4. The highest BCUT2D eigenvalue weighted by Crippen LogP contribution is 2.11. The molecule has 0 aliphatic heterocycles. The van der Waals surface area contributed by atoms with Gasteiger partial charge >= 0.3 is 11.9 Å². The predicted molar refractivity (Wildman–Crippen MR) is 86.8 cm³/mol. The summed E-state index contributed by atoms with van der Waals surface area (Å²) in [6.07, 6.45) is 0.464. The Bertz CT molecular complexity index is 463. The van der Waals surface area contributed by atoms with E-state index in [0.29, 0.717) is 6.42 Å². The molecule has 0 aliphatic rings. The number of hydrogen-bond acceptors (Lipinski definition) is 6. The molecular weight excluding hydrogens is 316 g/mol. The van der Waals surface area contributed by atoms with Gasteiger partial charge in [0, 0.05) is 6.92 Å². The topological polar surface area (TPSA) is 111 Å². The monoisotopic (exact) mass is 344 g/mol. The molecule has 8 nitrogen and oxygen atoms in total. The van der Waals surface area contributed by atoms with Crippen molar-refractivity contribution < 1.29 is 28.7 Å². The molecule has 2 amide bonds. The Morgan fingerprint density at radius 3 is 1.79 bits per heavy atom. The van der Waals surface area contributed by atoms with Crippen LogP contribution in [0.2, 0.25) is 0 Å². The van der Waals surface area contributed by atoms with Gasteiger partial charge in [0.25, 0.3) is 0 Å². The SMILES string of the molecule is COC(=O)[C@H](C)C[C@@H](NC(=O)[C@H](CC(C)C)NC(C)=O)C(=O)OC. The first-order valence-corrected chi connectivity index (χ1v) is 7.85. The molecule has 0 rings (SSSR count). The Morgan fingerprint density at radius 2 is 1.38 bits per heavy atom. The molecule has 138 valence electrons. The highest BCUT2D eigenvalue weighted by Gasteiger charge is 2.30. The number of esters is 2. The second kappa shape index (κ2) is 10.6. The fourth-order valence-corrected chi connectivity index (χ4v) is 2.23. The van der Waals surface area contributed by atoms with Crippen LogP contribution in [0.5, 0.6) is 0 Å². The van der Waals surface area contributed by atoms with Crippen LogP contribution in [0.25, 0.3) is 0 Å². The van der Waals surface area contributed by atoms with Crippen LogP contribution in [0.3, 0.4) is 0 Å². The zero-order valence-corrected chi connectivity index (χ0v) is 15.2. The molecule has 3 atom stereocenters. The Hall–Kier alpha value is -2.12. The van der Waals surface area contributed by atoms with Crippen LogP contribution in [0, 0.1) is 11.8 Å². The highest BCUT2D eigenvalue weighted by molar-refractivity contribution is 5.90. The van der Waals surface area contributed by atoms with E-state index in [1.165, 1.54) is 21.1 Å². The van der Waals surface area contributed by atoms with Crippen molar-refractivity contribution in [1.82, 2.24) is 10.6 Å². The number of methoxy groups -OCH3 is 2. The number of nitrogens with one attached hydrogen (secondary N) is 2. The van der Waals surface area contributed by atoms with Gasteiger partial charge in [-0.2, -0.15) is 0 Å². The molecular formula is C16H28N2O6. The molecule has 24 heavy (non-hydrogen) atoms. The molecule has 0 unspecified atom stereocenters. The van der Waals surface area contributed by atoms with Crippen molar-refractivity contribution in [2.75, 3.05) is 14.2 Å². The van der Waals surface area contributed by atoms with Gasteiger partial charge in [-0.1, -0.05) is 20.8 Å². The third-order valence-corrected chi connectivity index (χ3v) is 3.40. The Labute approximate surface area is 142 Å². The van der Waals surface area contributed by atoms with E-state index >= 15 is 0 Å². The Balaban J connectivity index is 5.08. The van der Waals surface area contributed by atoms with Crippen molar-refractivity contribution in [2.45, 2.75) is 52.6 Å². The van der Waals surface area contributed by atoms with Gasteiger partial charge in [-0.05, 0) is 18.8 Å². The van der Waals surface area contributed by atoms with Crippen molar-refractivity contribution in [1.29, 1.82) is 0 Å². The third kappa shape index (κ3) is 7.94. The molecule has 0 heterocycles. The molecule has 0 bridgehead atoms. The quantitative estimate of drug-likeness (QED) is 0.586. The standard InChI is InChI=1S/C16H28N2O6/c1-9(2)7-12(17-11(4)19)14(20)18-13(16(22)24-6)8-10(3)15(21)23-5/h9-10,12-13H,7-8H2,1-6H3,(H,17,19)(H,18,20)/t10-,12+,13-/m1/s1. The summed E-state index contributed by atoms with van der Waals surface area (Å²) in [5.74, 6) is -2.41. The van der Waals surface area contributed by atoms with Crippen LogP contribution in [-0.2, 0) is 28.7 Å². The van der Waals surface area contributed by atoms with Crippen molar-refractivity contribution >= 4 is 23.8 Å². The van der Waals surface area contributed by atoms with E-state index < -0.39 is 35.8 Å². The minimum absolute atomic E-state index is 0.0412. The van der Waals surface area contributed by atoms with Crippen molar-refractivity contribution in [3.8, 4) is 0 Å². The summed E-state index contributed by atoms with van der Waals surface area (Å²) in [5, 5.41) is 5.12. The summed E-state index contributed by atoms with van der Waals surface area (Å²) in [5.41, 5.74) is 0. The third-order valence-electron chi connectivity index (χ3n) is 3.40. The molecule has 0 aliphatic carbocycles. The average molecular weight is 344 g/mol. The van der Waals surface area contributed by atoms with Crippen molar-refractivity contribution in [2.24, 2.45) is 11.8 Å². The second-order valence-corrected chi connectivity index (χ2v) is 6.13. The van der Waals surface area contributed by atoms with Gasteiger partial charge in [0.1, 0.15) is 12.1 Å². The summed E-state index contributed by atoms with van der Waals surface area (Å²) in [6, 6.07) is -1.76. The first-order chi connectivity index (χ1) is 11.1. The van der Waals surface area contributed by atoms with E-state index in [2.05, 4.69) is 20.1 Å². The summed E-state index contributed by atoms with van der Waals surface area (Å²) < 4.78 is 9.30. The van der Waals surface area contributed by atoms with E-state index in [0.717, 1.165) is 0 Å². The molecule has 0 fully saturated rings. The van der Waals surface area contributed by atoms with Crippen LogP contribution < -0.4 is 10.6 Å². The predicted octanol–water partition coefficient (Wildman–Crippen LogP) is 0.394. The van der Waals surface area contributed by atoms with Gasteiger partial charge in [0.2, 0.25) is 11.8 Å². The van der Waals surface area contributed by atoms with Gasteiger partial charge in [0.05, 0.1) is 20.1 Å². The lowest BCUT2D eigenvalue weighted by atomic mass is 9.99. The fraction of sp³-hybridized carbons (Fsp3) is 0.750. The van der Waals surface area contributed by atoms with E-state index in [9.17, 15) is 19.2 Å². The van der Waals surface area contributed by atoms with Crippen LogP contribution in [0.4, 0.5) is 0 Å². The van der Waals surface area contributed by atoms with Crippen molar-refractivity contribution in [3.63, 3.8) is 0 Å². The van der Waals surface area contributed by atoms with Gasteiger partial charge in [-0.3, -0.25) is 14.4 Å². The van der Waals surface area contributed by atoms with E-state index in [4.69, 9.17) is 0 Å². The maximum absolute atomic E-state index is 12.4. The van der Waals surface area contributed by atoms with Gasteiger partial charge in [-0.15, -0.1) is 0 Å². The first kappa shape index (κ1) is 21.9. The smallest absolute Gasteiger partial charge is 0.328 e. The number of rotatable bonds is 9. The number of ether oxygens (including phenoxy) is 2. The molecule has 0 saturated heterocycles. The van der Waals surface area contributed by atoms with E-state index in [-0.39, 0.29) is 18.2 Å². The van der Waals surface area contributed by atoms with Gasteiger partial charge in [-0.25, -0.2) is 4.79 Å². The van der Waals surface area contributed by atoms with Crippen LogP contribution in [-0.4, -0.2) is 50.1 Å². The summed E-state index contributed by atoms with van der Waals surface area (Å²) in [7, 11) is 2.45. The number of hydrogen-bond donors (Lipinski definition) is 2. The summed E-state index contributed by atoms with van der Waals surface area (Å²) in [6.45, 7) is 6.74. The van der Waals surface area contributed by atoms with Gasteiger partial charge in [0.15, 0.2) is 0 Å².